The Balaban J connectivity index is 0.000000200. The summed E-state index contributed by atoms with van der Waals surface area (Å²) in [5.74, 6) is 0. The van der Waals surface area contributed by atoms with Gasteiger partial charge in [-0.1, -0.05) is 35.4 Å². The standard InChI is InChI=1S/C9H18NO.C8H10/c1-8(2)5-7(11)6-9(3,4)10-8;1-7-3-5-8(2)6-4-7/h7,10H,5-6H2,1-4H3;3-6H,1-2H3. The van der Waals surface area contributed by atoms with E-state index in [4.69, 9.17) is 0 Å². The highest BCUT2D eigenvalue weighted by atomic mass is 16.3. The van der Waals surface area contributed by atoms with E-state index in [1.807, 2.05) is 0 Å². The van der Waals surface area contributed by atoms with Gasteiger partial charge in [0.2, 0.25) is 0 Å². The summed E-state index contributed by atoms with van der Waals surface area (Å²) in [6, 6.07) is 8.48. The van der Waals surface area contributed by atoms with Crippen molar-refractivity contribution >= 4 is 0 Å². The molecule has 107 valence electrons. The fourth-order valence-electron chi connectivity index (χ4n) is 2.87. The number of nitrogens with one attached hydrogen (secondary N) is 1. The average molecular weight is 262 g/mol. The first-order valence-electron chi connectivity index (χ1n) is 7.08. The molecule has 1 aromatic rings. The Bertz CT molecular complexity index is 355. The van der Waals surface area contributed by atoms with Crippen LogP contribution in [0, 0.1) is 13.8 Å². The maximum Gasteiger partial charge on any atom is 0.0964 e. The summed E-state index contributed by atoms with van der Waals surface area (Å²) in [4.78, 5) is 0. The molecule has 0 atom stereocenters. The lowest BCUT2D eigenvalue weighted by molar-refractivity contribution is -0.00692. The quantitative estimate of drug-likeness (QED) is 0.752. The Morgan fingerprint density at radius 1 is 0.895 bits per heavy atom. The van der Waals surface area contributed by atoms with Crippen molar-refractivity contribution in [3.8, 4) is 0 Å². The molecule has 0 saturated carbocycles. The minimum absolute atomic E-state index is 0.0220. The van der Waals surface area contributed by atoms with Gasteiger partial charge in [-0.2, -0.15) is 0 Å². The third-order valence-corrected chi connectivity index (χ3v) is 3.37. The van der Waals surface area contributed by atoms with Crippen LogP contribution in [-0.2, 0) is 5.11 Å². The maximum atomic E-state index is 11.3. The molecule has 2 rings (SSSR count). The van der Waals surface area contributed by atoms with Crippen LogP contribution in [0.1, 0.15) is 51.7 Å². The van der Waals surface area contributed by atoms with Gasteiger partial charge in [0.1, 0.15) is 0 Å². The zero-order valence-corrected chi connectivity index (χ0v) is 13.2. The van der Waals surface area contributed by atoms with E-state index < -0.39 is 0 Å². The summed E-state index contributed by atoms with van der Waals surface area (Å²) < 4.78 is 0. The molecule has 0 amide bonds. The van der Waals surface area contributed by atoms with Crippen molar-refractivity contribution in [1.82, 2.24) is 5.32 Å². The molecular formula is C17H28NO. The number of hydrogen-bond acceptors (Lipinski definition) is 1. The van der Waals surface area contributed by atoms with Crippen molar-refractivity contribution in [3.63, 3.8) is 0 Å². The number of hydrogen-bond donors (Lipinski definition) is 1. The maximum absolute atomic E-state index is 11.3. The Labute approximate surface area is 118 Å². The van der Waals surface area contributed by atoms with Crippen LogP contribution in [0.25, 0.3) is 0 Å². The highest BCUT2D eigenvalue weighted by Gasteiger charge is 2.37. The van der Waals surface area contributed by atoms with Crippen molar-refractivity contribution in [2.75, 3.05) is 0 Å². The number of aryl methyl sites for hydroxylation is 2. The molecule has 2 heteroatoms. The van der Waals surface area contributed by atoms with Gasteiger partial charge < -0.3 is 5.32 Å². The van der Waals surface area contributed by atoms with Crippen LogP contribution >= 0.6 is 0 Å². The van der Waals surface area contributed by atoms with Gasteiger partial charge in [-0.3, -0.25) is 0 Å². The third-order valence-electron chi connectivity index (χ3n) is 3.37. The molecule has 1 N–H and O–H groups in total. The van der Waals surface area contributed by atoms with Gasteiger partial charge in [0.15, 0.2) is 0 Å². The second kappa shape index (κ2) is 6.06. The number of piperidine rings is 1. The van der Waals surface area contributed by atoms with Crippen molar-refractivity contribution in [2.24, 2.45) is 0 Å². The van der Waals surface area contributed by atoms with Gasteiger partial charge >= 0.3 is 0 Å². The summed E-state index contributed by atoms with van der Waals surface area (Å²) in [5, 5.41) is 14.8. The Kier molecular flexibility index (Phi) is 5.17. The molecule has 1 saturated heterocycles. The van der Waals surface area contributed by atoms with E-state index in [1.165, 1.54) is 11.1 Å². The van der Waals surface area contributed by atoms with Crippen LogP contribution in [0.15, 0.2) is 24.3 Å². The smallest absolute Gasteiger partial charge is 0.0964 e. The number of rotatable bonds is 0. The van der Waals surface area contributed by atoms with E-state index in [9.17, 15) is 5.11 Å². The minimum atomic E-state index is -0.388. The fraction of sp³-hybridized carbons (Fsp3) is 0.647. The molecule has 1 aromatic carbocycles. The molecule has 0 spiro atoms. The molecule has 0 aromatic heterocycles. The zero-order valence-electron chi connectivity index (χ0n) is 13.2. The van der Waals surface area contributed by atoms with E-state index in [1.54, 1.807) is 0 Å². The molecule has 1 aliphatic rings. The Morgan fingerprint density at radius 2 is 1.21 bits per heavy atom. The van der Waals surface area contributed by atoms with E-state index >= 15 is 0 Å². The van der Waals surface area contributed by atoms with Gasteiger partial charge in [0.25, 0.3) is 0 Å². The Hall–Kier alpha value is -0.860. The van der Waals surface area contributed by atoms with E-state index in [0.717, 1.165) is 12.8 Å². The third kappa shape index (κ3) is 6.22. The molecule has 1 aliphatic heterocycles. The molecule has 2 nitrogen and oxygen atoms in total. The largest absolute Gasteiger partial charge is 0.307 e. The molecule has 0 unspecified atom stereocenters. The summed E-state index contributed by atoms with van der Waals surface area (Å²) in [6.07, 6.45) is 1.11. The molecule has 0 bridgehead atoms. The SMILES string of the molecule is CC1(C)CC([O])CC(C)(C)N1.Cc1ccc(C)cc1. The van der Waals surface area contributed by atoms with Crippen LogP contribution in [0.4, 0.5) is 0 Å². The van der Waals surface area contributed by atoms with Crippen molar-refractivity contribution in [2.45, 2.75) is 71.6 Å². The van der Waals surface area contributed by atoms with Gasteiger partial charge in [-0.05, 0) is 54.4 Å². The predicted molar refractivity (Wildman–Crippen MR) is 80.9 cm³/mol. The van der Waals surface area contributed by atoms with Crippen LogP contribution in [0.5, 0.6) is 0 Å². The summed E-state index contributed by atoms with van der Waals surface area (Å²) in [6.45, 7) is 12.6. The fourth-order valence-corrected chi connectivity index (χ4v) is 2.87. The first kappa shape index (κ1) is 16.2. The van der Waals surface area contributed by atoms with E-state index in [-0.39, 0.29) is 17.2 Å². The monoisotopic (exact) mass is 262 g/mol. The van der Waals surface area contributed by atoms with Crippen molar-refractivity contribution < 1.29 is 5.11 Å². The Morgan fingerprint density at radius 3 is 1.47 bits per heavy atom. The van der Waals surface area contributed by atoms with Crippen LogP contribution in [0.3, 0.4) is 0 Å². The summed E-state index contributed by atoms with van der Waals surface area (Å²) >= 11 is 0. The van der Waals surface area contributed by atoms with E-state index in [2.05, 4.69) is 71.1 Å². The molecule has 1 heterocycles. The highest BCUT2D eigenvalue weighted by Crippen LogP contribution is 2.28. The lowest BCUT2D eigenvalue weighted by Crippen LogP contribution is -2.58. The lowest BCUT2D eigenvalue weighted by atomic mass is 9.81. The van der Waals surface area contributed by atoms with Gasteiger partial charge in [0, 0.05) is 11.1 Å². The molecular weight excluding hydrogens is 234 g/mol. The zero-order chi connectivity index (χ0) is 14.7. The van der Waals surface area contributed by atoms with Gasteiger partial charge in [-0.25, -0.2) is 5.11 Å². The highest BCUT2D eigenvalue weighted by molar-refractivity contribution is 5.19. The van der Waals surface area contributed by atoms with Crippen molar-refractivity contribution in [3.05, 3.63) is 35.4 Å². The summed E-state index contributed by atoms with van der Waals surface area (Å²) in [5.41, 5.74) is 2.70. The normalized spacial score (nSPS) is 21.4. The first-order chi connectivity index (χ1) is 8.60. The van der Waals surface area contributed by atoms with Crippen LogP contribution in [-0.4, -0.2) is 17.2 Å². The van der Waals surface area contributed by atoms with Gasteiger partial charge in [0.05, 0.1) is 6.10 Å². The second-order valence-electron chi connectivity index (χ2n) is 7.08. The molecule has 19 heavy (non-hydrogen) atoms. The topological polar surface area (TPSA) is 31.9 Å². The molecule has 1 radical (unpaired) electrons. The predicted octanol–water partition coefficient (Wildman–Crippen LogP) is 4.03. The summed E-state index contributed by atoms with van der Waals surface area (Å²) in [7, 11) is 0. The minimum Gasteiger partial charge on any atom is -0.307 e. The molecule has 1 fully saturated rings. The van der Waals surface area contributed by atoms with Crippen LogP contribution in [0.2, 0.25) is 0 Å². The lowest BCUT2D eigenvalue weighted by Gasteiger charge is -2.44. The molecule has 0 aliphatic carbocycles. The second-order valence-corrected chi connectivity index (χ2v) is 7.08. The van der Waals surface area contributed by atoms with Gasteiger partial charge in [-0.15, -0.1) is 0 Å². The van der Waals surface area contributed by atoms with E-state index in [0.29, 0.717) is 0 Å². The number of benzene rings is 1. The first-order valence-corrected chi connectivity index (χ1v) is 7.08. The van der Waals surface area contributed by atoms with Crippen molar-refractivity contribution in [1.29, 1.82) is 0 Å². The average Bonchev–Trinajstić information content (AvgIpc) is 2.18. The van der Waals surface area contributed by atoms with Crippen LogP contribution < -0.4 is 5.32 Å².